The molecule has 1 aromatic heterocycles. The van der Waals surface area contributed by atoms with Crippen LogP contribution in [0.5, 0.6) is 0 Å². The number of ether oxygens (including phenoxy) is 1. The number of rotatable bonds is 1. The molecule has 0 saturated heterocycles. The molecule has 0 radical (unpaired) electrons. The van der Waals surface area contributed by atoms with E-state index >= 15 is 0 Å². The number of nitrogens with one attached hydrogen (secondary N) is 1. The molecule has 1 unspecified atom stereocenters. The van der Waals surface area contributed by atoms with E-state index in [2.05, 4.69) is 10.3 Å². The number of hydrogen-bond donors (Lipinski definition) is 1. The van der Waals surface area contributed by atoms with Crippen LogP contribution >= 0.6 is 11.6 Å². The number of pyridine rings is 1. The quantitative estimate of drug-likeness (QED) is 0.870. The molecule has 96 valence electrons. The minimum atomic E-state index is -0.395. The van der Waals surface area contributed by atoms with E-state index in [0.717, 1.165) is 11.3 Å². The standard InChI is InChI=1S/C14H11ClN2O2/c15-9-4-5-11-10(7-9)14(19-8-13(18)17-11)12-3-1-2-6-16-12/h1-7,14H,8H2,(H,17,18). The Morgan fingerprint density at radius 3 is 3.00 bits per heavy atom. The smallest absolute Gasteiger partial charge is 0.250 e. The first-order valence-corrected chi connectivity index (χ1v) is 6.23. The number of anilines is 1. The van der Waals surface area contributed by atoms with E-state index in [4.69, 9.17) is 16.3 Å². The molecule has 0 bridgehead atoms. The van der Waals surface area contributed by atoms with Gasteiger partial charge in [-0.05, 0) is 30.3 Å². The fraction of sp³-hybridized carbons (Fsp3) is 0.143. The minimum absolute atomic E-state index is 0.00641. The average molecular weight is 275 g/mol. The van der Waals surface area contributed by atoms with Gasteiger partial charge in [0.25, 0.3) is 0 Å². The van der Waals surface area contributed by atoms with Crippen molar-refractivity contribution in [2.75, 3.05) is 11.9 Å². The Bertz CT molecular complexity index is 616. The molecule has 2 heterocycles. The Morgan fingerprint density at radius 2 is 2.21 bits per heavy atom. The van der Waals surface area contributed by atoms with Crippen molar-refractivity contribution in [2.45, 2.75) is 6.10 Å². The fourth-order valence-corrected chi connectivity index (χ4v) is 2.26. The molecule has 2 aromatic rings. The van der Waals surface area contributed by atoms with Crippen molar-refractivity contribution in [3.63, 3.8) is 0 Å². The summed E-state index contributed by atoms with van der Waals surface area (Å²) >= 11 is 6.03. The van der Waals surface area contributed by atoms with E-state index in [0.29, 0.717) is 10.7 Å². The van der Waals surface area contributed by atoms with E-state index in [1.807, 2.05) is 18.2 Å². The van der Waals surface area contributed by atoms with E-state index < -0.39 is 6.10 Å². The molecular formula is C14H11ClN2O2. The lowest BCUT2D eigenvalue weighted by Gasteiger charge is -2.16. The van der Waals surface area contributed by atoms with E-state index in [-0.39, 0.29) is 12.5 Å². The number of halogens is 1. The van der Waals surface area contributed by atoms with E-state index in [9.17, 15) is 4.79 Å². The third kappa shape index (κ3) is 2.45. The summed E-state index contributed by atoms with van der Waals surface area (Å²) in [5.74, 6) is -0.179. The number of carbonyl (C=O) groups is 1. The molecule has 1 N–H and O–H groups in total. The number of amides is 1. The number of nitrogens with zero attached hydrogens (tertiary/aromatic N) is 1. The minimum Gasteiger partial charge on any atom is -0.357 e. The maximum absolute atomic E-state index is 11.6. The van der Waals surface area contributed by atoms with Crippen LogP contribution in [0.2, 0.25) is 5.02 Å². The zero-order valence-electron chi connectivity index (χ0n) is 9.97. The molecule has 19 heavy (non-hydrogen) atoms. The highest BCUT2D eigenvalue weighted by molar-refractivity contribution is 6.30. The highest BCUT2D eigenvalue weighted by Gasteiger charge is 2.25. The second-order valence-corrected chi connectivity index (χ2v) is 4.66. The van der Waals surface area contributed by atoms with Crippen molar-refractivity contribution in [2.24, 2.45) is 0 Å². The number of benzene rings is 1. The second-order valence-electron chi connectivity index (χ2n) is 4.23. The summed E-state index contributed by atoms with van der Waals surface area (Å²) in [4.78, 5) is 15.9. The maximum Gasteiger partial charge on any atom is 0.250 e. The van der Waals surface area contributed by atoms with Crippen LogP contribution in [0.4, 0.5) is 5.69 Å². The molecule has 1 aliphatic rings. The zero-order chi connectivity index (χ0) is 13.2. The molecule has 1 atom stereocenters. The van der Waals surface area contributed by atoms with Gasteiger partial charge < -0.3 is 10.1 Å². The van der Waals surface area contributed by atoms with Crippen LogP contribution in [-0.4, -0.2) is 17.5 Å². The SMILES string of the molecule is O=C1COC(c2ccccn2)c2cc(Cl)ccc2N1. The van der Waals surface area contributed by atoms with Gasteiger partial charge in [-0.15, -0.1) is 0 Å². The summed E-state index contributed by atoms with van der Waals surface area (Å²) in [6.45, 7) is -0.00641. The van der Waals surface area contributed by atoms with E-state index in [1.165, 1.54) is 0 Å². The molecular weight excluding hydrogens is 264 g/mol. The fourth-order valence-electron chi connectivity index (χ4n) is 2.08. The van der Waals surface area contributed by atoms with Crippen LogP contribution < -0.4 is 5.32 Å². The van der Waals surface area contributed by atoms with E-state index in [1.54, 1.807) is 24.4 Å². The molecule has 3 rings (SSSR count). The van der Waals surface area contributed by atoms with Gasteiger partial charge in [-0.25, -0.2) is 0 Å². The Hall–Kier alpha value is -1.91. The Morgan fingerprint density at radius 1 is 1.32 bits per heavy atom. The highest BCUT2D eigenvalue weighted by atomic mass is 35.5. The van der Waals surface area contributed by atoms with Gasteiger partial charge >= 0.3 is 0 Å². The summed E-state index contributed by atoms with van der Waals surface area (Å²) in [7, 11) is 0. The molecule has 0 fully saturated rings. The second kappa shape index (κ2) is 4.99. The lowest BCUT2D eigenvalue weighted by Crippen LogP contribution is -2.15. The number of carbonyl (C=O) groups excluding carboxylic acids is 1. The van der Waals surface area contributed by atoms with Crippen molar-refractivity contribution >= 4 is 23.2 Å². The molecule has 1 amide bonds. The zero-order valence-corrected chi connectivity index (χ0v) is 10.7. The van der Waals surface area contributed by atoms with Crippen LogP contribution in [0, 0.1) is 0 Å². The lowest BCUT2D eigenvalue weighted by molar-refractivity contribution is -0.121. The summed E-state index contributed by atoms with van der Waals surface area (Å²) < 4.78 is 5.65. The molecule has 0 spiro atoms. The largest absolute Gasteiger partial charge is 0.357 e. The van der Waals surface area contributed by atoms with Crippen LogP contribution in [0.1, 0.15) is 17.4 Å². The van der Waals surface area contributed by atoms with Crippen LogP contribution in [0.3, 0.4) is 0 Å². The summed E-state index contributed by atoms with van der Waals surface area (Å²) in [6.07, 6.45) is 1.30. The third-order valence-corrected chi connectivity index (χ3v) is 3.14. The van der Waals surface area contributed by atoms with Crippen LogP contribution in [0.15, 0.2) is 42.6 Å². The summed E-state index contributed by atoms with van der Waals surface area (Å²) in [6, 6.07) is 10.9. The average Bonchev–Trinajstić information content (AvgIpc) is 2.58. The first-order chi connectivity index (χ1) is 9.24. The molecule has 0 aliphatic carbocycles. The van der Waals surface area contributed by atoms with Gasteiger partial charge in [-0.1, -0.05) is 17.7 Å². The molecule has 0 saturated carbocycles. The molecule has 1 aliphatic heterocycles. The van der Waals surface area contributed by atoms with Crippen molar-refractivity contribution in [3.8, 4) is 0 Å². The van der Waals surface area contributed by atoms with Crippen molar-refractivity contribution in [1.29, 1.82) is 0 Å². The number of fused-ring (bicyclic) bond motifs is 1. The van der Waals surface area contributed by atoms with Gasteiger partial charge in [0.15, 0.2) is 0 Å². The Balaban J connectivity index is 2.11. The number of hydrogen-bond acceptors (Lipinski definition) is 3. The first-order valence-electron chi connectivity index (χ1n) is 5.86. The summed E-state index contributed by atoms with van der Waals surface area (Å²) in [5.41, 5.74) is 2.28. The monoisotopic (exact) mass is 274 g/mol. The van der Waals surface area contributed by atoms with Gasteiger partial charge in [0.2, 0.25) is 5.91 Å². The molecule has 1 aromatic carbocycles. The molecule has 5 heteroatoms. The van der Waals surface area contributed by atoms with Gasteiger partial charge in [-0.3, -0.25) is 9.78 Å². The maximum atomic E-state index is 11.6. The van der Waals surface area contributed by atoms with Crippen molar-refractivity contribution in [3.05, 3.63) is 58.9 Å². The topological polar surface area (TPSA) is 51.2 Å². The Labute approximate surface area is 115 Å². The van der Waals surface area contributed by atoms with Crippen LogP contribution in [-0.2, 0) is 9.53 Å². The predicted molar refractivity (Wildman–Crippen MR) is 72.1 cm³/mol. The Kier molecular flexibility index (Phi) is 3.19. The van der Waals surface area contributed by atoms with Gasteiger partial charge in [0, 0.05) is 22.5 Å². The predicted octanol–water partition coefficient (Wildman–Crippen LogP) is 2.79. The molecule has 4 nitrogen and oxygen atoms in total. The summed E-state index contributed by atoms with van der Waals surface area (Å²) in [5, 5.41) is 3.40. The van der Waals surface area contributed by atoms with Crippen molar-refractivity contribution in [1.82, 2.24) is 4.98 Å². The number of aromatic nitrogens is 1. The third-order valence-electron chi connectivity index (χ3n) is 2.91. The van der Waals surface area contributed by atoms with Gasteiger partial charge in [0.05, 0.1) is 5.69 Å². The normalized spacial score (nSPS) is 18.4. The van der Waals surface area contributed by atoms with Gasteiger partial charge in [-0.2, -0.15) is 0 Å². The highest BCUT2D eigenvalue weighted by Crippen LogP contribution is 2.34. The first kappa shape index (κ1) is 12.1. The lowest BCUT2D eigenvalue weighted by atomic mass is 10.0. The van der Waals surface area contributed by atoms with Crippen LogP contribution in [0.25, 0.3) is 0 Å². The van der Waals surface area contributed by atoms with Gasteiger partial charge in [0.1, 0.15) is 12.7 Å². The van der Waals surface area contributed by atoms with Crippen molar-refractivity contribution < 1.29 is 9.53 Å².